The summed E-state index contributed by atoms with van der Waals surface area (Å²) in [6.07, 6.45) is 3.45. The number of carboxylic acid groups (broad SMARTS) is 1. The molecular formula is C10H14O4. The van der Waals surface area contributed by atoms with Gasteiger partial charge in [0.05, 0.1) is 11.8 Å². The summed E-state index contributed by atoms with van der Waals surface area (Å²) < 4.78 is 4.84. The second-order valence-corrected chi connectivity index (χ2v) is 3.40. The summed E-state index contributed by atoms with van der Waals surface area (Å²) in [7, 11) is 0. The number of ether oxygens (including phenoxy) is 1. The van der Waals surface area contributed by atoms with Crippen LogP contribution in [0.2, 0.25) is 0 Å². The third kappa shape index (κ3) is 2.34. The van der Waals surface area contributed by atoms with Crippen molar-refractivity contribution in [3.05, 3.63) is 12.7 Å². The van der Waals surface area contributed by atoms with E-state index in [0.29, 0.717) is 12.8 Å². The first kappa shape index (κ1) is 10.8. The number of rotatable bonds is 4. The number of hydrogen-bond acceptors (Lipinski definition) is 3. The van der Waals surface area contributed by atoms with Gasteiger partial charge in [-0.3, -0.25) is 9.59 Å². The van der Waals surface area contributed by atoms with Crippen molar-refractivity contribution >= 4 is 11.9 Å². The zero-order chi connectivity index (χ0) is 10.6. The number of carbonyl (C=O) groups is 2. The molecule has 0 radical (unpaired) electrons. The molecule has 0 aliphatic heterocycles. The number of hydrogen-bond donors (Lipinski definition) is 1. The summed E-state index contributed by atoms with van der Waals surface area (Å²) in [4.78, 5) is 22.1. The van der Waals surface area contributed by atoms with Crippen LogP contribution in [0.25, 0.3) is 0 Å². The standard InChI is InChI=1S/C10H14O4/c1-2-6-14-10(13)8-5-3-4-7(8)9(11)12/h2,7-8H,1,3-6H2,(H,11,12). The van der Waals surface area contributed by atoms with Crippen LogP contribution in [0, 0.1) is 11.8 Å². The molecule has 0 amide bonds. The van der Waals surface area contributed by atoms with Crippen molar-refractivity contribution in [1.82, 2.24) is 0 Å². The molecule has 4 heteroatoms. The Morgan fingerprint density at radius 1 is 1.43 bits per heavy atom. The highest BCUT2D eigenvalue weighted by molar-refractivity contribution is 5.81. The number of carbonyl (C=O) groups excluding carboxylic acids is 1. The largest absolute Gasteiger partial charge is 0.481 e. The first-order valence-corrected chi connectivity index (χ1v) is 4.67. The van der Waals surface area contributed by atoms with Crippen LogP contribution >= 0.6 is 0 Å². The quantitative estimate of drug-likeness (QED) is 0.545. The second kappa shape index (κ2) is 4.79. The van der Waals surface area contributed by atoms with Crippen molar-refractivity contribution < 1.29 is 19.4 Å². The Kier molecular flexibility index (Phi) is 3.68. The van der Waals surface area contributed by atoms with Crippen LogP contribution in [-0.4, -0.2) is 23.7 Å². The summed E-state index contributed by atoms with van der Waals surface area (Å²) in [6.45, 7) is 3.57. The number of aliphatic carboxylic acids is 1. The molecule has 0 spiro atoms. The third-order valence-corrected chi connectivity index (χ3v) is 2.48. The van der Waals surface area contributed by atoms with E-state index in [1.807, 2.05) is 0 Å². The molecule has 0 aromatic heterocycles. The topological polar surface area (TPSA) is 63.6 Å². The van der Waals surface area contributed by atoms with Gasteiger partial charge in [0.25, 0.3) is 0 Å². The third-order valence-electron chi connectivity index (χ3n) is 2.48. The molecule has 78 valence electrons. The van der Waals surface area contributed by atoms with E-state index in [4.69, 9.17) is 9.84 Å². The molecule has 0 aromatic rings. The van der Waals surface area contributed by atoms with Gasteiger partial charge < -0.3 is 9.84 Å². The molecule has 1 N–H and O–H groups in total. The molecule has 0 saturated heterocycles. The van der Waals surface area contributed by atoms with Crippen LogP contribution in [0.5, 0.6) is 0 Å². The lowest BCUT2D eigenvalue weighted by atomic mass is 9.96. The highest BCUT2D eigenvalue weighted by atomic mass is 16.5. The van der Waals surface area contributed by atoms with Gasteiger partial charge in [0.15, 0.2) is 0 Å². The highest BCUT2D eigenvalue weighted by Crippen LogP contribution is 2.32. The SMILES string of the molecule is C=CCOC(=O)C1CCCC1C(=O)O. The van der Waals surface area contributed by atoms with E-state index in [-0.39, 0.29) is 6.61 Å². The second-order valence-electron chi connectivity index (χ2n) is 3.40. The van der Waals surface area contributed by atoms with E-state index >= 15 is 0 Å². The van der Waals surface area contributed by atoms with Crippen LogP contribution in [0.4, 0.5) is 0 Å². The molecule has 0 heterocycles. The van der Waals surface area contributed by atoms with Crippen LogP contribution in [-0.2, 0) is 14.3 Å². The van der Waals surface area contributed by atoms with Crippen LogP contribution in [0.15, 0.2) is 12.7 Å². The van der Waals surface area contributed by atoms with Crippen molar-refractivity contribution in [2.45, 2.75) is 19.3 Å². The van der Waals surface area contributed by atoms with E-state index in [9.17, 15) is 9.59 Å². The van der Waals surface area contributed by atoms with Crippen molar-refractivity contribution in [3.63, 3.8) is 0 Å². The maximum absolute atomic E-state index is 11.4. The predicted molar refractivity (Wildman–Crippen MR) is 49.6 cm³/mol. The first-order valence-electron chi connectivity index (χ1n) is 4.67. The smallest absolute Gasteiger partial charge is 0.310 e. The van der Waals surface area contributed by atoms with Crippen molar-refractivity contribution in [1.29, 1.82) is 0 Å². The number of carboxylic acids is 1. The van der Waals surface area contributed by atoms with E-state index in [1.165, 1.54) is 6.08 Å². The van der Waals surface area contributed by atoms with Crippen LogP contribution < -0.4 is 0 Å². The lowest BCUT2D eigenvalue weighted by Crippen LogP contribution is -2.26. The Labute approximate surface area is 82.6 Å². The van der Waals surface area contributed by atoms with Gasteiger partial charge in [0, 0.05) is 0 Å². The first-order chi connectivity index (χ1) is 6.66. The Morgan fingerprint density at radius 3 is 2.64 bits per heavy atom. The minimum Gasteiger partial charge on any atom is -0.481 e. The summed E-state index contributed by atoms with van der Waals surface area (Å²) in [5.74, 6) is -2.34. The molecule has 1 fully saturated rings. The molecule has 0 bridgehead atoms. The Morgan fingerprint density at radius 2 is 2.07 bits per heavy atom. The van der Waals surface area contributed by atoms with Crippen LogP contribution in [0.3, 0.4) is 0 Å². The molecular weight excluding hydrogens is 184 g/mol. The molecule has 2 unspecified atom stereocenters. The van der Waals surface area contributed by atoms with E-state index in [0.717, 1.165) is 6.42 Å². The zero-order valence-corrected chi connectivity index (χ0v) is 7.94. The van der Waals surface area contributed by atoms with Gasteiger partial charge in [-0.15, -0.1) is 0 Å². The van der Waals surface area contributed by atoms with Gasteiger partial charge >= 0.3 is 11.9 Å². The van der Waals surface area contributed by atoms with E-state index in [2.05, 4.69) is 6.58 Å². The molecule has 1 aliphatic rings. The van der Waals surface area contributed by atoms with Gasteiger partial charge in [0.1, 0.15) is 6.61 Å². The number of esters is 1. The highest BCUT2D eigenvalue weighted by Gasteiger charge is 2.38. The van der Waals surface area contributed by atoms with E-state index in [1.54, 1.807) is 0 Å². The molecule has 1 aliphatic carbocycles. The van der Waals surface area contributed by atoms with Crippen molar-refractivity contribution in [2.24, 2.45) is 11.8 Å². The van der Waals surface area contributed by atoms with Gasteiger partial charge in [-0.05, 0) is 12.8 Å². The maximum atomic E-state index is 11.4. The monoisotopic (exact) mass is 198 g/mol. The fourth-order valence-electron chi connectivity index (χ4n) is 1.79. The van der Waals surface area contributed by atoms with E-state index < -0.39 is 23.8 Å². The molecule has 2 atom stereocenters. The molecule has 4 nitrogen and oxygen atoms in total. The van der Waals surface area contributed by atoms with Crippen molar-refractivity contribution in [2.75, 3.05) is 6.61 Å². The minimum absolute atomic E-state index is 0.154. The Bertz CT molecular complexity index is 247. The average Bonchev–Trinajstić information content (AvgIpc) is 2.62. The molecule has 1 rings (SSSR count). The average molecular weight is 198 g/mol. The zero-order valence-electron chi connectivity index (χ0n) is 7.94. The minimum atomic E-state index is -0.900. The van der Waals surface area contributed by atoms with Gasteiger partial charge in [-0.2, -0.15) is 0 Å². The summed E-state index contributed by atoms with van der Waals surface area (Å²) in [6, 6.07) is 0. The van der Waals surface area contributed by atoms with Crippen molar-refractivity contribution in [3.8, 4) is 0 Å². The Balaban J connectivity index is 2.53. The van der Waals surface area contributed by atoms with Gasteiger partial charge in [-0.25, -0.2) is 0 Å². The molecule has 0 aromatic carbocycles. The summed E-state index contributed by atoms with van der Waals surface area (Å²) in [5.41, 5.74) is 0. The van der Waals surface area contributed by atoms with Gasteiger partial charge in [0.2, 0.25) is 0 Å². The molecule has 1 saturated carbocycles. The summed E-state index contributed by atoms with van der Waals surface area (Å²) >= 11 is 0. The fourth-order valence-corrected chi connectivity index (χ4v) is 1.79. The molecule has 14 heavy (non-hydrogen) atoms. The summed E-state index contributed by atoms with van der Waals surface area (Å²) in [5, 5.41) is 8.83. The van der Waals surface area contributed by atoms with Gasteiger partial charge in [-0.1, -0.05) is 19.1 Å². The predicted octanol–water partition coefficient (Wildman–Crippen LogP) is 1.22. The maximum Gasteiger partial charge on any atom is 0.310 e. The lowest BCUT2D eigenvalue weighted by molar-refractivity contribution is -0.155. The normalized spacial score (nSPS) is 25.7. The Hall–Kier alpha value is -1.32. The fraction of sp³-hybridized carbons (Fsp3) is 0.600. The lowest BCUT2D eigenvalue weighted by Gasteiger charge is -2.13. The van der Waals surface area contributed by atoms with Crippen LogP contribution in [0.1, 0.15) is 19.3 Å².